The summed E-state index contributed by atoms with van der Waals surface area (Å²) in [6.45, 7) is 1.75. The largest absolute Gasteiger partial charge is 0.481 e. The van der Waals surface area contributed by atoms with E-state index in [-0.39, 0.29) is 12.5 Å². The Morgan fingerprint density at radius 1 is 1.16 bits per heavy atom. The summed E-state index contributed by atoms with van der Waals surface area (Å²) in [4.78, 5) is 26.0. The number of fused-ring (bicyclic) bond motifs is 1. The smallest absolute Gasteiger partial charge is 0.313 e. The first-order valence-corrected chi connectivity index (χ1v) is 8.47. The van der Waals surface area contributed by atoms with Gasteiger partial charge in [-0.1, -0.05) is 54.6 Å². The molecule has 2 N–H and O–H groups in total. The number of carbonyl (C=O) groups is 2. The molecule has 2 fully saturated rings. The number of nitrogens with zero attached hydrogens (tertiary/aromatic N) is 1. The molecule has 2 heterocycles. The Bertz CT molecular complexity index is 821. The number of carboxylic acids is 1. The molecule has 2 aliphatic rings. The first-order valence-electron chi connectivity index (χ1n) is 8.47. The molecule has 0 unspecified atom stereocenters. The molecule has 0 spiro atoms. The van der Waals surface area contributed by atoms with Crippen LogP contribution in [0.15, 0.2) is 54.6 Å². The quantitative estimate of drug-likeness (QED) is 0.896. The van der Waals surface area contributed by atoms with Crippen molar-refractivity contribution in [2.24, 2.45) is 11.3 Å². The average Bonchev–Trinajstić information content (AvgIpc) is 3.14. The van der Waals surface area contributed by atoms with Gasteiger partial charge in [-0.15, -0.1) is 0 Å². The normalized spacial score (nSPS) is 25.6. The number of rotatable bonds is 4. The Morgan fingerprint density at radius 3 is 2.60 bits per heavy atom. The average molecular weight is 336 g/mol. The molecule has 0 aliphatic carbocycles. The van der Waals surface area contributed by atoms with Crippen molar-refractivity contribution in [1.29, 1.82) is 0 Å². The van der Waals surface area contributed by atoms with E-state index in [4.69, 9.17) is 0 Å². The maximum atomic E-state index is 12.1. The van der Waals surface area contributed by atoms with E-state index in [1.807, 2.05) is 30.3 Å². The van der Waals surface area contributed by atoms with Crippen LogP contribution in [-0.4, -0.2) is 41.5 Å². The summed E-state index contributed by atoms with van der Waals surface area (Å²) in [6, 6.07) is 18.3. The molecule has 0 saturated carbocycles. The van der Waals surface area contributed by atoms with Crippen LogP contribution < -0.4 is 5.32 Å². The first kappa shape index (κ1) is 15.8. The number of benzene rings is 2. The van der Waals surface area contributed by atoms with E-state index < -0.39 is 17.3 Å². The zero-order valence-corrected chi connectivity index (χ0v) is 13.8. The van der Waals surface area contributed by atoms with Crippen LogP contribution in [0.2, 0.25) is 0 Å². The van der Waals surface area contributed by atoms with Crippen LogP contribution in [0.5, 0.6) is 0 Å². The third-order valence-corrected chi connectivity index (χ3v) is 5.43. The number of aliphatic carboxylic acids is 1. The standard InChI is InChI=1S/C20H20N2O3/c23-18-17-11-22(13-20(17,12-21-18)19(24)25)10-15-8-4-5-9-16(15)14-6-2-1-3-7-14/h1-9,17H,10-13H2,(H,21,23)(H,24,25)/t17-,20+/m0/s1. The molecule has 128 valence electrons. The molecule has 5 heteroatoms. The summed E-state index contributed by atoms with van der Waals surface area (Å²) in [5.41, 5.74) is 2.45. The van der Waals surface area contributed by atoms with Crippen LogP contribution in [0, 0.1) is 11.3 Å². The minimum Gasteiger partial charge on any atom is -0.481 e. The lowest BCUT2D eigenvalue weighted by molar-refractivity contribution is -0.149. The maximum absolute atomic E-state index is 12.1. The molecule has 2 aromatic carbocycles. The fourth-order valence-corrected chi connectivity index (χ4v) is 4.10. The zero-order chi connectivity index (χ0) is 17.4. The molecule has 25 heavy (non-hydrogen) atoms. The number of hydrogen-bond acceptors (Lipinski definition) is 3. The van der Waals surface area contributed by atoms with Crippen molar-refractivity contribution in [3.05, 3.63) is 60.2 Å². The van der Waals surface area contributed by atoms with Gasteiger partial charge in [0.25, 0.3) is 0 Å². The second kappa shape index (κ2) is 6.01. The molecule has 0 aromatic heterocycles. The molecular weight excluding hydrogens is 316 g/mol. The number of amides is 1. The highest BCUT2D eigenvalue weighted by Gasteiger charge is 2.59. The highest BCUT2D eigenvalue weighted by atomic mass is 16.4. The van der Waals surface area contributed by atoms with Crippen LogP contribution in [0.25, 0.3) is 11.1 Å². The van der Waals surface area contributed by atoms with E-state index in [1.54, 1.807) is 0 Å². The lowest BCUT2D eigenvalue weighted by atomic mass is 9.81. The zero-order valence-electron chi connectivity index (χ0n) is 13.8. The Hall–Kier alpha value is -2.66. The van der Waals surface area contributed by atoms with Gasteiger partial charge in [-0.2, -0.15) is 0 Å². The van der Waals surface area contributed by atoms with Gasteiger partial charge in [0.1, 0.15) is 5.41 Å². The van der Waals surface area contributed by atoms with E-state index in [1.165, 1.54) is 0 Å². The third-order valence-electron chi connectivity index (χ3n) is 5.43. The van der Waals surface area contributed by atoms with Crippen molar-refractivity contribution in [3.63, 3.8) is 0 Å². The van der Waals surface area contributed by atoms with Crippen LogP contribution in [-0.2, 0) is 16.1 Å². The van der Waals surface area contributed by atoms with Gasteiger partial charge in [0.05, 0.1) is 5.92 Å². The number of carboxylic acid groups (broad SMARTS) is 1. The predicted octanol–water partition coefficient (Wildman–Crippen LogP) is 1.99. The van der Waals surface area contributed by atoms with E-state index in [0.29, 0.717) is 19.6 Å². The minimum atomic E-state index is -0.987. The van der Waals surface area contributed by atoms with Gasteiger partial charge in [-0.25, -0.2) is 0 Å². The summed E-state index contributed by atoms with van der Waals surface area (Å²) >= 11 is 0. The highest BCUT2D eigenvalue weighted by Crippen LogP contribution is 2.41. The van der Waals surface area contributed by atoms with Gasteiger partial charge in [-0.3, -0.25) is 14.5 Å². The Morgan fingerprint density at radius 2 is 1.88 bits per heavy atom. The number of carbonyl (C=O) groups excluding carboxylic acids is 1. The van der Waals surface area contributed by atoms with E-state index in [2.05, 4.69) is 34.5 Å². The summed E-state index contributed by atoms with van der Waals surface area (Å²) in [6.07, 6.45) is 0. The van der Waals surface area contributed by atoms with E-state index in [9.17, 15) is 14.7 Å². The molecule has 0 radical (unpaired) electrons. The molecule has 2 aromatic rings. The van der Waals surface area contributed by atoms with Gasteiger partial charge in [0.15, 0.2) is 0 Å². The summed E-state index contributed by atoms with van der Waals surface area (Å²) in [5, 5.41) is 12.4. The lowest BCUT2D eigenvalue weighted by Gasteiger charge is -2.22. The Balaban J connectivity index is 1.61. The molecular formula is C20H20N2O3. The van der Waals surface area contributed by atoms with Crippen molar-refractivity contribution >= 4 is 11.9 Å². The second-order valence-corrected chi connectivity index (χ2v) is 6.92. The molecule has 2 atom stereocenters. The van der Waals surface area contributed by atoms with Gasteiger partial charge in [0.2, 0.25) is 5.91 Å². The van der Waals surface area contributed by atoms with Gasteiger partial charge >= 0.3 is 5.97 Å². The van der Waals surface area contributed by atoms with E-state index >= 15 is 0 Å². The summed E-state index contributed by atoms with van der Waals surface area (Å²) in [7, 11) is 0. The summed E-state index contributed by atoms with van der Waals surface area (Å²) < 4.78 is 0. The molecule has 2 saturated heterocycles. The topological polar surface area (TPSA) is 69.6 Å². The fraction of sp³-hybridized carbons (Fsp3) is 0.300. The highest BCUT2D eigenvalue weighted by molar-refractivity contribution is 5.92. The Labute approximate surface area is 146 Å². The number of hydrogen-bond donors (Lipinski definition) is 2. The van der Waals surface area contributed by atoms with Crippen LogP contribution >= 0.6 is 0 Å². The fourth-order valence-electron chi connectivity index (χ4n) is 4.10. The van der Waals surface area contributed by atoms with Gasteiger partial charge in [-0.05, 0) is 16.7 Å². The molecule has 0 bridgehead atoms. The Kier molecular flexibility index (Phi) is 3.81. The monoisotopic (exact) mass is 336 g/mol. The van der Waals surface area contributed by atoms with Crippen molar-refractivity contribution in [2.45, 2.75) is 6.54 Å². The van der Waals surface area contributed by atoms with E-state index in [0.717, 1.165) is 16.7 Å². The van der Waals surface area contributed by atoms with Gasteiger partial charge in [0, 0.05) is 26.2 Å². The van der Waals surface area contributed by atoms with Crippen molar-refractivity contribution in [2.75, 3.05) is 19.6 Å². The number of nitrogens with one attached hydrogen (secondary N) is 1. The third kappa shape index (κ3) is 2.61. The maximum Gasteiger partial charge on any atom is 0.313 e. The minimum absolute atomic E-state index is 0.138. The molecule has 5 nitrogen and oxygen atoms in total. The second-order valence-electron chi connectivity index (χ2n) is 6.92. The van der Waals surface area contributed by atoms with Crippen LogP contribution in [0.1, 0.15) is 5.56 Å². The first-order chi connectivity index (χ1) is 12.1. The molecule has 2 aliphatic heterocycles. The van der Waals surface area contributed by atoms with Crippen LogP contribution in [0.4, 0.5) is 0 Å². The predicted molar refractivity (Wildman–Crippen MR) is 93.7 cm³/mol. The van der Waals surface area contributed by atoms with Crippen molar-refractivity contribution < 1.29 is 14.7 Å². The molecule has 1 amide bonds. The van der Waals surface area contributed by atoms with Gasteiger partial charge < -0.3 is 10.4 Å². The van der Waals surface area contributed by atoms with Crippen molar-refractivity contribution in [1.82, 2.24) is 10.2 Å². The molecule has 4 rings (SSSR count). The summed E-state index contributed by atoms with van der Waals surface area (Å²) in [5.74, 6) is -1.48. The lowest BCUT2D eigenvalue weighted by Crippen LogP contribution is -2.40. The SMILES string of the molecule is O=C1NC[C@@]2(C(=O)O)CN(Cc3ccccc3-c3ccccc3)C[C@@H]12. The van der Waals surface area contributed by atoms with Crippen molar-refractivity contribution in [3.8, 4) is 11.1 Å². The number of likely N-dealkylation sites (tertiary alicyclic amines) is 1. The van der Waals surface area contributed by atoms with Crippen LogP contribution in [0.3, 0.4) is 0 Å².